The van der Waals surface area contributed by atoms with Gasteiger partial charge in [-0.05, 0) is 31.5 Å². The summed E-state index contributed by atoms with van der Waals surface area (Å²) in [4.78, 5) is 6.44. The number of unbranched alkanes of at least 4 members (excludes halogenated alkanes) is 2. The first-order valence-corrected chi connectivity index (χ1v) is 5.69. The highest BCUT2D eigenvalue weighted by molar-refractivity contribution is 5.51. The largest absolute Gasteiger partial charge is 0.493 e. The molecule has 1 aromatic rings. The highest BCUT2D eigenvalue weighted by Crippen LogP contribution is 2.23. The molecule has 1 rings (SSSR count). The van der Waals surface area contributed by atoms with Crippen molar-refractivity contribution in [3.63, 3.8) is 0 Å². The van der Waals surface area contributed by atoms with Crippen LogP contribution in [0, 0.1) is 0 Å². The van der Waals surface area contributed by atoms with Crippen LogP contribution in [0.15, 0.2) is 18.3 Å². The van der Waals surface area contributed by atoms with Crippen molar-refractivity contribution in [2.45, 2.75) is 19.3 Å². The first-order chi connectivity index (χ1) is 7.79. The van der Waals surface area contributed by atoms with E-state index in [1.54, 1.807) is 13.3 Å². The van der Waals surface area contributed by atoms with Gasteiger partial charge < -0.3 is 15.4 Å². The maximum atomic E-state index is 5.46. The van der Waals surface area contributed by atoms with Crippen molar-refractivity contribution >= 4 is 5.82 Å². The Balaban J connectivity index is 2.48. The zero-order valence-corrected chi connectivity index (χ0v) is 10.1. The fourth-order valence-electron chi connectivity index (χ4n) is 1.60. The van der Waals surface area contributed by atoms with Crippen molar-refractivity contribution in [1.29, 1.82) is 0 Å². The van der Waals surface area contributed by atoms with Crippen LogP contribution in [-0.4, -0.2) is 32.2 Å². The van der Waals surface area contributed by atoms with E-state index in [-0.39, 0.29) is 0 Å². The first kappa shape index (κ1) is 12.8. The number of nitrogens with two attached hydrogens (primary N) is 1. The smallest absolute Gasteiger partial charge is 0.171 e. The lowest BCUT2D eigenvalue weighted by Gasteiger charge is -2.20. The van der Waals surface area contributed by atoms with Crippen LogP contribution in [0.5, 0.6) is 5.75 Å². The second-order valence-electron chi connectivity index (χ2n) is 3.80. The minimum absolute atomic E-state index is 0.774. The Morgan fingerprint density at radius 2 is 2.19 bits per heavy atom. The minimum atomic E-state index is 0.774. The molecule has 0 spiro atoms. The van der Waals surface area contributed by atoms with Gasteiger partial charge in [-0.15, -0.1) is 0 Å². The number of ether oxygens (including phenoxy) is 1. The van der Waals surface area contributed by atoms with E-state index in [1.807, 2.05) is 19.2 Å². The highest BCUT2D eigenvalue weighted by Gasteiger charge is 2.07. The molecule has 0 amide bonds. The quantitative estimate of drug-likeness (QED) is 0.714. The Labute approximate surface area is 97.4 Å². The Morgan fingerprint density at radius 3 is 2.88 bits per heavy atom. The molecule has 0 aliphatic carbocycles. The van der Waals surface area contributed by atoms with Gasteiger partial charge in [-0.25, -0.2) is 4.98 Å². The van der Waals surface area contributed by atoms with E-state index < -0.39 is 0 Å². The summed E-state index contributed by atoms with van der Waals surface area (Å²) in [7, 11) is 3.70. The van der Waals surface area contributed by atoms with E-state index in [0.717, 1.165) is 43.9 Å². The topological polar surface area (TPSA) is 51.4 Å². The van der Waals surface area contributed by atoms with Gasteiger partial charge in [0, 0.05) is 19.8 Å². The summed E-state index contributed by atoms with van der Waals surface area (Å²) in [6.07, 6.45) is 5.17. The van der Waals surface area contributed by atoms with E-state index in [2.05, 4.69) is 9.88 Å². The van der Waals surface area contributed by atoms with Crippen LogP contribution in [0.4, 0.5) is 5.82 Å². The van der Waals surface area contributed by atoms with Gasteiger partial charge in [0.25, 0.3) is 0 Å². The van der Waals surface area contributed by atoms with Crippen molar-refractivity contribution in [3.05, 3.63) is 18.3 Å². The molecule has 0 fully saturated rings. The van der Waals surface area contributed by atoms with E-state index >= 15 is 0 Å². The maximum Gasteiger partial charge on any atom is 0.171 e. The van der Waals surface area contributed by atoms with Gasteiger partial charge in [0.05, 0.1) is 7.11 Å². The average molecular weight is 223 g/mol. The third-order valence-electron chi connectivity index (χ3n) is 2.53. The third kappa shape index (κ3) is 3.70. The standard InChI is InChI=1S/C12H21N3O/c1-15(10-5-3-4-8-13)12-11(16-2)7-6-9-14-12/h6-7,9H,3-5,8,10,13H2,1-2H3. The Morgan fingerprint density at radius 1 is 1.38 bits per heavy atom. The molecule has 0 aromatic carbocycles. The predicted molar refractivity (Wildman–Crippen MR) is 67.0 cm³/mol. The number of rotatable bonds is 7. The van der Waals surface area contributed by atoms with Crippen molar-refractivity contribution in [2.24, 2.45) is 5.73 Å². The van der Waals surface area contributed by atoms with Crippen molar-refractivity contribution in [1.82, 2.24) is 4.98 Å². The Bertz CT molecular complexity index is 304. The van der Waals surface area contributed by atoms with Crippen molar-refractivity contribution < 1.29 is 4.74 Å². The summed E-state index contributed by atoms with van der Waals surface area (Å²) < 4.78 is 5.27. The van der Waals surface area contributed by atoms with Crippen LogP contribution in [0.2, 0.25) is 0 Å². The molecule has 90 valence electrons. The second-order valence-corrected chi connectivity index (χ2v) is 3.80. The van der Waals surface area contributed by atoms with Gasteiger partial charge in [-0.3, -0.25) is 0 Å². The molecule has 1 heterocycles. The molecule has 0 aliphatic heterocycles. The van der Waals surface area contributed by atoms with Crippen molar-refractivity contribution in [3.8, 4) is 5.75 Å². The highest BCUT2D eigenvalue weighted by atomic mass is 16.5. The predicted octanol–water partition coefficient (Wildman–Crippen LogP) is 1.66. The van der Waals surface area contributed by atoms with E-state index in [0.29, 0.717) is 0 Å². The lowest BCUT2D eigenvalue weighted by molar-refractivity contribution is 0.413. The van der Waals surface area contributed by atoms with Gasteiger partial charge in [0.2, 0.25) is 0 Å². The first-order valence-electron chi connectivity index (χ1n) is 5.69. The second kappa shape index (κ2) is 7.06. The minimum Gasteiger partial charge on any atom is -0.493 e. The average Bonchev–Trinajstić information content (AvgIpc) is 2.34. The summed E-state index contributed by atoms with van der Waals surface area (Å²) in [5.41, 5.74) is 5.46. The summed E-state index contributed by atoms with van der Waals surface area (Å²) in [5.74, 6) is 1.72. The molecule has 1 aromatic heterocycles. The van der Waals surface area contributed by atoms with E-state index in [4.69, 9.17) is 10.5 Å². The van der Waals surface area contributed by atoms with Gasteiger partial charge in [0.1, 0.15) is 0 Å². The molecular formula is C12H21N3O. The molecule has 4 nitrogen and oxygen atoms in total. The summed E-state index contributed by atoms with van der Waals surface area (Å²) in [6, 6.07) is 3.81. The molecular weight excluding hydrogens is 202 g/mol. The lowest BCUT2D eigenvalue weighted by Crippen LogP contribution is -2.20. The summed E-state index contributed by atoms with van der Waals surface area (Å²) >= 11 is 0. The van der Waals surface area contributed by atoms with Crippen LogP contribution in [-0.2, 0) is 0 Å². The molecule has 0 aliphatic rings. The number of aromatic nitrogens is 1. The number of nitrogens with zero attached hydrogens (tertiary/aromatic N) is 2. The van der Waals surface area contributed by atoms with Crippen LogP contribution >= 0.6 is 0 Å². The van der Waals surface area contributed by atoms with Crippen LogP contribution in [0.25, 0.3) is 0 Å². The number of hydrogen-bond acceptors (Lipinski definition) is 4. The lowest BCUT2D eigenvalue weighted by atomic mass is 10.2. The van der Waals surface area contributed by atoms with Crippen molar-refractivity contribution in [2.75, 3.05) is 32.1 Å². The maximum absolute atomic E-state index is 5.46. The summed E-state index contributed by atoms with van der Waals surface area (Å²) in [5, 5.41) is 0. The Kier molecular flexibility index (Phi) is 5.64. The summed E-state index contributed by atoms with van der Waals surface area (Å²) in [6.45, 7) is 1.75. The fraction of sp³-hybridized carbons (Fsp3) is 0.583. The normalized spacial score (nSPS) is 10.2. The van der Waals surface area contributed by atoms with Crippen LogP contribution in [0.3, 0.4) is 0 Å². The molecule has 0 radical (unpaired) electrons. The van der Waals surface area contributed by atoms with E-state index in [1.165, 1.54) is 0 Å². The zero-order chi connectivity index (χ0) is 11.8. The number of methoxy groups -OCH3 is 1. The molecule has 0 saturated heterocycles. The fourth-order valence-corrected chi connectivity index (χ4v) is 1.60. The molecule has 4 heteroatoms. The van der Waals surface area contributed by atoms with E-state index in [9.17, 15) is 0 Å². The number of anilines is 1. The SMILES string of the molecule is COc1cccnc1N(C)CCCCCN. The molecule has 2 N–H and O–H groups in total. The zero-order valence-electron chi connectivity index (χ0n) is 10.1. The van der Waals surface area contributed by atoms with Crippen LogP contribution < -0.4 is 15.4 Å². The third-order valence-corrected chi connectivity index (χ3v) is 2.53. The monoisotopic (exact) mass is 223 g/mol. The molecule has 0 bridgehead atoms. The number of pyridine rings is 1. The van der Waals surface area contributed by atoms with Gasteiger partial charge in [0.15, 0.2) is 11.6 Å². The van der Waals surface area contributed by atoms with Gasteiger partial charge in [-0.1, -0.05) is 6.42 Å². The molecule has 0 saturated carbocycles. The molecule has 16 heavy (non-hydrogen) atoms. The van der Waals surface area contributed by atoms with Gasteiger partial charge >= 0.3 is 0 Å². The molecule has 0 unspecified atom stereocenters. The molecule has 0 atom stereocenters. The Hall–Kier alpha value is -1.29. The van der Waals surface area contributed by atoms with Crippen LogP contribution in [0.1, 0.15) is 19.3 Å². The number of hydrogen-bond donors (Lipinski definition) is 1. The van der Waals surface area contributed by atoms with Gasteiger partial charge in [-0.2, -0.15) is 0 Å².